The summed E-state index contributed by atoms with van der Waals surface area (Å²) in [6, 6.07) is 8.22. The molecule has 0 spiro atoms. The molecule has 0 N–H and O–H groups in total. The molecule has 1 saturated carbocycles. The third-order valence-corrected chi connectivity index (χ3v) is 4.18. The van der Waals surface area contributed by atoms with E-state index in [1.807, 2.05) is 26.0 Å². The normalized spacial score (nSPS) is 27.2. The van der Waals surface area contributed by atoms with E-state index in [1.54, 1.807) is 0 Å². The minimum atomic E-state index is -0.152. The lowest BCUT2D eigenvalue weighted by molar-refractivity contribution is -0.139. The molecule has 1 aromatic rings. The van der Waals surface area contributed by atoms with E-state index in [0.717, 1.165) is 12.2 Å². The fraction of sp³-hybridized carbons (Fsp3) is 0.562. The molecule has 0 saturated heterocycles. The van der Waals surface area contributed by atoms with Crippen molar-refractivity contribution in [3.8, 4) is 5.75 Å². The van der Waals surface area contributed by atoms with Crippen LogP contribution in [0.25, 0.3) is 0 Å². The van der Waals surface area contributed by atoms with Crippen LogP contribution in [0.4, 0.5) is 0 Å². The minimum Gasteiger partial charge on any atom is -0.491 e. The van der Waals surface area contributed by atoms with Gasteiger partial charge in [0.15, 0.2) is 0 Å². The molecule has 0 amide bonds. The summed E-state index contributed by atoms with van der Waals surface area (Å²) >= 11 is 0. The molecule has 18 heavy (non-hydrogen) atoms. The number of carbonyl (C=O) groups excluding carboxylic acids is 1. The minimum absolute atomic E-state index is 0.152. The van der Waals surface area contributed by atoms with Crippen LogP contribution in [-0.4, -0.2) is 11.9 Å². The summed E-state index contributed by atoms with van der Waals surface area (Å²) in [5.74, 6) is 1.68. The van der Waals surface area contributed by atoms with Gasteiger partial charge in [0.25, 0.3) is 0 Å². The lowest BCUT2D eigenvalue weighted by Crippen LogP contribution is -2.45. The zero-order chi connectivity index (χ0) is 13.3. The maximum absolute atomic E-state index is 11.8. The number of benzene rings is 1. The molecule has 2 heteroatoms. The molecule has 0 bridgehead atoms. The molecule has 0 radical (unpaired) electrons. The van der Waals surface area contributed by atoms with Crippen molar-refractivity contribution in [2.45, 2.75) is 52.6 Å². The highest BCUT2D eigenvalue weighted by Crippen LogP contribution is 2.51. The van der Waals surface area contributed by atoms with Crippen molar-refractivity contribution >= 4 is 5.78 Å². The maximum Gasteiger partial charge on any atom is 0.140 e. The summed E-state index contributed by atoms with van der Waals surface area (Å²) in [7, 11) is 0. The van der Waals surface area contributed by atoms with Crippen LogP contribution in [0.2, 0.25) is 0 Å². The number of rotatable bonds is 4. The zero-order valence-electron chi connectivity index (χ0n) is 11.7. The van der Waals surface area contributed by atoms with Gasteiger partial charge in [-0.15, -0.1) is 0 Å². The summed E-state index contributed by atoms with van der Waals surface area (Å²) in [5.41, 5.74) is 1.11. The van der Waals surface area contributed by atoms with Gasteiger partial charge in [-0.1, -0.05) is 26.0 Å². The van der Waals surface area contributed by atoms with Crippen LogP contribution in [0.5, 0.6) is 5.75 Å². The summed E-state index contributed by atoms with van der Waals surface area (Å²) in [6.07, 6.45) is 1.80. The molecule has 2 unspecified atom stereocenters. The Morgan fingerprint density at radius 3 is 2.39 bits per heavy atom. The fourth-order valence-electron chi connectivity index (χ4n) is 2.69. The second kappa shape index (κ2) is 4.75. The molecule has 1 aliphatic carbocycles. The lowest BCUT2D eigenvalue weighted by atomic mass is 9.56. The second-order valence-corrected chi connectivity index (χ2v) is 5.69. The van der Waals surface area contributed by atoms with E-state index >= 15 is 0 Å². The maximum atomic E-state index is 11.8. The summed E-state index contributed by atoms with van der Waals surface area (Å²) < 4.78 is 5.63. The molecular formula is C16H22O2. The van der Waals surface area contributed by atoms with Crippen LogP contribution in [0.1, 0.15) is 52.0 Å². The first-order valence-corrected chi connectivity index (χ1v) is 6.77. The quantitative estimate of drug-likeness (QED) is 0.804. The Balaban J connectivity index is 2.13. The molecule has 2 nitrogen and oxygen atoms in total. The van der Waals surface area contributed by atoms with E-state index < -0.39 is 0 Å². The van der Waals surface area contributed by atoms with E-state index in [4.69, 9.17) is 4.74 Å². The molecule has 1 aromatic carbocycles. The third kappa shape index (κ3) is 2.16. The predicted octanol–water partition coefficient (Wildman–Crippen LogP) is 3.95. The van der Waals surface area contributed by atoms with Crippen LogP contribution in [0.15, 0.2) is 24.3 Å². The molecule has 0 heterocycles. The Bertz CT molecular complexity index is 433. The topological polar surface area (TPSA) is 26.3 Å². The van der Waals surface area contributed by atoms with Crippen molar-refractivity contribution in [1.29, 1.82) is 0 Å². The number of carbonyl (C=O) groups is 1. The Morgan fingerprint density at radius 2 is 1.94 bits per heavy atom. The van der Waals surface area contributed by atoms with Crippen LogP contribution in [0.3, 0.4) is 0 Å². The van der Waals surface area contributed by atoms with Crippen molar-refractivity contribution in [3.63, 3.8) is 0 Å². The average molecular weight is 246 g/mol. The first kappa shape index (κ1) is 13.1. The zero-order valence-corrected chi connectivity index (χ0v) is 11.7. The smallest absolute Gasteiger partial charge is 0.140 e. The molecule has 98 valence electrons. The highest BCUT2D eigenvalue weighted by atomic mass is 16.5. The van der Waals surface area contributed by atoms with Gasteiger partial charge in [-0.25, -0.2) is 0 Å². The molecular weight excluding hydrogens is 224 g/mol. The first-order valence-electron chi connectivity index (χ1n) is 6.77. The number of Topliss-reactive ketones (excluding diaryl/α,β-unsaturated/α-hetero) is 1. The van der Waals surface area contributed by atoms with Crippen LogP contribution < -0.4 is 4.74 Å². The molecule has 1 aliphatic rings. The van der Waals surface area contributed by atoms with Gasteiger partial charge in [0.2, 0.25) is 0 Å². The van der Waals surface area contributed by atoms with Crippen molar-refractivity contribution in [2.75, 3.05) is 0 Å². The first-order chi connectivity index (χ1) is 8.47. The van der Waals surface area contributed by atoms with Crippen molar-refractivity contribution in [1.82, 2.24) is 0 Å². The van der Waals surface area contributed by atoms with E-state index in [1.165, 1.54) is 5.56 Å². The molecule has 2 atom stereocenters. The average Bonchev–Trinajstić information content (AvgIpc) is 2.35. The van der Waals surface area contributed by atoms with Crippen LogP contribution in [0, 0.1) is 5.41 Å². The van der Waals surface area contributed by atoms with Gasteiger partial charge < -0.3 is 4.74 Å². The van der Waals surface area contributed by atoms with Crippen LogP contribution in [-0.2, 0) is 4.79 Å². The van der Waals surface area contributed by atoms with Gasteiger partial charge in [-0.2, -0.15) is 0 Å². The van der Waals surface area contributed by atoms with Crippen LogP contribution >= 0.6 is 0 Å². The van der Waals surface area contributed by atoms with Gasteiger partial charge in [-0.05, 0) is 38.0 Å². The van der Waals surface area contributed by atoms with Gasteiger partial charge in [0.1, 0.15) is 11.5 Å². The summed E-state index contributed by atoms with van der Waals surface area (Å²) in [6.45, 7) is 8.22. The van der Waals surface area contributed by atoms with Gasteiger partial charge in [0.05, 0.1) is 6.10 Å². The lowest BCUT2D eigenvalue weighted by Gasteiger charge is -2.45. The summed E-state index contributed by atoms with van der Waals surface area (Å²) in [4.78, 5) is 11.8. The Labute approximate surface area is 109 Å². The largest absolute Gasteiger partial charge is 0.491 e. The number of hydrogen-bond acceptors (Lipinski definition) is 2. The monoisotopic (exact) mass is 246 g/mol. The molecule has 0 aliphatic heterocycles. The molecule has 1 fully saturated rings. The highest BCUT2D eigenvalue weighted by Gasteiger charge is 2.49. The second-order valence-electron chi connectivity index (χ2n) is 5.69. The SMILES string of the molecule is CCC1(C)C(=O)CC1c1ccc(OC(C)C)cc1. The highest BCUT2D eigenvalue weighted by molar-refractivity contribution is 5.93. The summed E-state index contributed by atoms with van der Waals surface area (Å²) in [5, 5.41) is 0. The van der Waals surface area contributed by atoms with E-state index in [0.29, 0.717) is 18.1 Å². The Kier molecular flexibility index (Phi) is 3.47. The molecule has 0 aromatic heterocycles. The fourth-order valence-corrected chi connectivity index (χ4v) is 2.69. The van der Waals surface area contributed by atoms with Crippen molar-refractivity contribution in [3.05, 3.63) is 29.8 Å². The molecule has 2 rings (SSSR count). The van der Waals surface area contributed by atoms with Crippen molar-refractivity contribution in [2.24, 2.45) is 5.41 Å². The third-order valence-electron chi connectivity index (χ3n) is 4.18. The van der Waals surface area contributed by atoms with E-state index in [2.05, 4.69) is 26.0 Å². The van der Waals surface area contributed by atoms with Gasteiger partial charge in [0, 0.05) is 17.8 Å². The Hall–Kier alpha value is -1.31. The van der Waals surface area contributed by atoms with Gasteiger partial charge >= 0.3 is 0 Å². The van der Waals surface area contributed by atoms with Gasteiger partial charge in [-0.3, -0.25) is 4.79 Å². The van der Waals surface area contributed by atoms with E-state index in [-0.39, 0.29) is 11.5 Å². The van der Waals surface area contributed by atoms with E-state index in [9.17, 15) is 4.79 Å². The van der Waals surface area contributed by atoms with Crippen molar-refractivity contribution < 1.29 is 9.53 Å². The number of hydrogen-bond donors (Lipinski definition) is 0. The Morgan fingerprint density at radius 1 is 1.33 bits per heavy atom. The standard InChI is InChI=1S/C16H22O2/c1-5-16(4)14(10-15(16)17)12-6-8-13(9-7-12)18-11(2)3/h6-9,11,14H,5,10H2,1-4H3. The number of ketones is 1. The number of ether oxygens (including phenoxy) is 1. The predicted molar refractivity (Wildman–Crippen MR) is 73.0 cm³/mol.